The zero-order valence-corrected chi connectivity index (χ0v) is 27.4. The lowest BCUT2D eigenvalue weighted by Crippen LogP contribution is -2.30. The molecule has 0 amide bonds. The SMILES string of the molecule is c1ccc(-c2cc(-n3c4ccccc4c4ccccc43)nc(-c3ccc(C(c4ccccc4)(c4ccccc4)c4ccccc4)cc3)n2)cc1. The summed E-state index contributed by atoms with van der Waals surface area (Å²) in [5.74, 6) is 1.52. The van der Waals surface area contributed by atoms with Gasteiger partial charge in [0.1, 0.15) is 5.82 Å². The van der Waals surface area contributed by atoms with E-state index in [9.17, 15) is 0 Å². The summed E-state index contributed by atoms with van der Waals surface area (Å²) in [5.41, 5.74) is 9.39. The average molecular weight is 640 g/mol. The largest absolute Gasteiger partial charge is 0.294 e. The molecule has 2 aromatic heterocycles. The van der Waals surface area contributed by atoms with E-state index in [1.165, 1.54) is 33.0 Å². The second-order valence-corrected chi connectivity index (χ2v) is 12.6. The Bertz CT molecular complexity index is 2410. The zero-order valence-electron chi connectivity index (χ0n) is 27.4. The fourth-order valence-electron chi connectivity index (χ4n) is 7.54. The van der Waals surface area contributed by atoms with Gasteiger partial charge in [0.25, 0.3) is 0 Å². The lowest BCUT2D eigenvalue weighted by molar-refractivity contribution is 0.745. The number of hydrogen-bond donors (Lipinski definition) is 0. The highest BCUT2D eigenvalue weighted by molar-refractivity contribution is 6.09. The van der Waals surface area contributed by atoms with E-state index in [0.29, 0.717) is 5.82 Å². The molecule has 0 spiro atoms. The van der Waals surface area contributed by atoms with E-state index >= 15 is 0 Å². The van der Waals surface area contributed by atoms with Gasteiger partial charge < -0.3 is 0 Å². The molecule has 0 saturated carbocycles. The fourth-order valence-corrected chi connectivity index (χ4v) is 7.54. The Morgan fingerprint density at radius 1 is 0.360 bits per heavy atom. The number of nitrogens with zero attached hydrogens (tertiary/aromatic N) is 3. The third-order valence-corrected chi connectivity index (χ3v) is 9.79. The van der Waals surface area contributed by atoms with Gasteiger partial charge >= 0.3 is 0 Å². The van der Waals surface area contributed by atoms with E-state index in [1.807, 2.05) is 6.07 Å². The molecule has 0 aliphatic carbocycles. The highest BCUT2D eigenvalue weighted by atomic mass is 15.1. The second kappa shape index (κ2) is 12.5. The smallest absolute Gasteiger partial charge is 0.162 e. The maximum Gasteiger partial charge on any atom is 0.162 e. The molecule has 0 radical (unpaired) electrons. The molecular weight excluding hydrogens is 607 g/mol. The summed E-state index contributed by atoms with van der Waals surface area (Å²) in [6, 6.07) is 70.9. The fraction of sp³-hybridized carbons (Fsp3) is 0.0213. The molecule has 0 bridgehead atoms. The van der Waals surface area contributed by atoms with Crippen LogP contribution in [0.5, 0.6) is 0 Å². The van der Waals surface area contributed by atoms with E-state index in [-0.39, 0.29) is 0 Å². The van der Waals surface area contributed by atoms with Crippen LogP contribution in [0.15, 0.2) is 200 Å². The Morgan fingerprint density at radius 3 is 1.28 bits per heavy atom. The first-order valence-electron chi connectivity index (χ1n) is 17.0. The van der Waals surface area contributed by atoms with Gasteiger partial charge in [0.2, 0.25) is 0 Å². The Kier molecular flexibility index (Phi) is 7.37. The van der Waals surface area contributed by atoms with Crippen molar-refractivity contribution in [3.05, 3.63) is 222 Å². The number of aromatic nitrogens is 3. The van der Waals surface area contributed by atoms with Gasteiger partial charge in [-0.15, -0.1) is 0 Å². The van der Waals surface area contributed by atoms with Gasteiger partial charge in [0.15, 0.2) is 5.82 Å². The molecule has 0 unspecified atom stereocenters. The number of fused-ring (bicyclic) bond motifs is 3. The van der Waals surface area contributed by atoms with Gasteiger partial charge in [-0.1, -0.05) is 182 Å². The Balaban J connectivity index is 1.26. The molecule has 7 aromatic carbocycles. The van der Waals surface area contributed by atoms with Crippen molar-refractivity contribution in [1.29, 1.82) is 0 Å². The molecule has 9 rings (SSSR count). The molecule has 50 heavy (non-hydrogen) atoms. The number of benzene rings is 7. The van der Waals surface area contributed by atoms with Gasteiger partial charge in [-0.2, -0.15) is 0 Å². The Morgan fingerprint density at radius 2 is 0.780 bits per heavy atom. The molecule has 2 heterocycles. The normalized spacial score (nSPS) is 11.6. The topological polar surface area (TPSA) is 30.7 Å². The minimum Gasteiger partial charge on any atom is -0.294 e. The van der Waals surface area contributed by atoms with Crippen LogP contribution in [-0.2, 0) is 5.41 Å². The molecule has 3 heteroatoms. The molecule has 236 valence electrons. The molecule has 0 fully saturated rings. The van der Waals surface area contributed by atoms with Crippen molar-refractivity contribution in [1.82, 2.24) is 14.5 Å². The van der Waals surface area contributed by atoms with E-state index < -0.39 is 5.41 Å². The quantitative estimate of drug-likeness (QED) is 0.162. The molecule has 3 nitrogen and oxygen atoms in total. The van der Waals surface area contributed by atoms with Crippen molar-refractivity contribution < 1.29 is 0 Å². The lowest BCUT2D eigenvalue weighted by atomic mass is 9.65. The maximum absolute atomic E-state index is 5.29. The average Bonchev–Trinajstić information content (AvgIpc) is 3.54. The van der Waals surface area contributed by atoms with Crippen molar-refractivity contribution in [2.24, 2.45) is 0 Å². The first kappa shape index (κ1) is 29.6. The summed E-state index contributed by atoms with van der Waals surface area (Å²) in [6.07, 6.45) is 0. The standard InChI is InChI=1S/C47H33N3/c1-5-17-34(18-6-1)42-33-45(50-43-27-15-13-25-40(43)41-26-14-16-28-44(41)50)49-46(48-42)35-29-31-39(32-30-35)47(36-19-7-2-8-20-36,37-21-9-3-10-22-37)38-23-11-4-12-24-38/h1-33H. The minimum absolute atomic E-state index is 0.525. The predicted octanol–water partition coefficient (Wildman–Crippen LogP) is 11.3. The summed E-state index contributed by atoms with van der Waals surface area (Å²) in [4.78, 5) is 10.5. The van der Waals surface area contributed by atoms with Crippen LogP contribution < -0.4 is 0 Å². The van der Waals surface area contributed by atoms with Crippen molar-refractivity contribution >= 4 is 21.8 Å². The Hall–Kier alpha value is -6.58. The lowest BCUT2D eigenvalue weighted by Gasteiger charge is -2.37. The monoisotopic (exact) mass is 639 g/mol. The summed E-state index contributed by atoms with van der Waals surface area (Å²) < 4.78 is 2.27. The molecular formula is C47H33N3. The highest BCUT2D eigenvalue weighted by Crippen LogP contribution is 2.45. The van der Waals surface area contributed by atoms with Crippen molar-refractivity contribution in [3.8, 4) is 28.5 Å². The van der Waals surface area contributed by atoms with Crippen LogP contribution >= 0.6 is 0 Å². The minimum atomic E-state index is -0.525. The highest BCUT2D eigenvalue weighted by Gasteiger charge is 2.38. The van der Waals surface area contributed by atoms with Gasteiger partial charge in [-0.05, 0) is 34.4 Å². The van der Waals surface area contributed by atoms with Crippen LogP contribution in [-0.4, -0.2) is 14.5 Å². The van der Waals surface area contributed by atoms with Crippen LogP contribution in [0.4, 0.5) is 0 Å². The van der Waals surface area contributed by atoms with Gasteiger partial charge in [0.05, 0.1) is 22.1 Å². The first-order valence-corrected chi connectivity index (χ1v) is 17.0. The summed E-state index contributed by atoms with van der Waals surface area (Å²) in [7, 11) is 0. The van der Waals surface area contributed by atoms with Crippen LogP contribution in [0, 0.1) is 0 Å². The summed E-state index contributed by atoms with van der Waals surface area (Å²) in [6.45, 7) is 0. The van der Waals surface area contributed by atoms with Crippen molar-refractivity contribution in [2.45, 2.75) is 5.41 Å². The van der Waals surface area contributed by atoms with Crippen molar-refractivity contribution in [2.75, 3.05) is 0 Å². The number of rotatable bonds is 7. The predicted molar refractivity (Wildman–Crippen MR) is 206 cm³/mol. The van der Waals surface area contributed by atoms with E-state index in [2.05, 4.69) is 199 Å². The number of hydrogen-bond acceptors (Lipinski definition) is 2. The Labute approximate surface area is 291 Å². The van der Waals surface area contributed by atoms with Gasteiger partial charge in [0, 0.05) is 28.0 Å². The zero-order chi connectivity index (χ0) is 33.3. The molecule has 0 N–H and O–H groups in total. The van der Waals surface area contributed by atoms with E-state index in [4.69, 9.17) is 9.97 Å². The van der Waals surface area contributed by atoms with Crippen LogP contribution in [0.1, 0.15) is 22.3 Å². The second-order valence-electron chi connectivity index (χ2n) is 12.6. The molecule has 9 aromatic rings. The molecule has 0 saturated heterocycles. The van der Waals surface area contributed by atoms with Crippen LogP contribution in [0.3, 0.4) is 0 Å². The maximum atomic E-state index is 5.29. The third kappa shape index (κ3) is 4.91. The third-order valence-electron chi connectivity index (χ3n) is 9.79. The van der Waals surface area contributed by atoms with Crippen LogP contribution in [0.2, 0.25) is 0 Å². The van der Waals surface area contributed by atoms with E-state index in [1.54, 1.807) is 0 Å². The van der Waals surface area contributed by atoms with Gasteiger partial charge in [-0.3, -0.25) is 4.57 Å². The molecule has 0 aliphatic heterocycles. The summed E-state index contributed by atoms with van der Waals surface area (Å²) in [5, 5.41) is 2.40. The van der Waals surface area contributed by atoms with Crippen molar-refractivity contribution in [3.63, 3.8) is 0 Å². The van der Waals surface area contributed by atoms with E-state index in [0.717, 1.165) is 33.7 Å². The number of para-hydroxylation sites is 2. The van der Waals surface area contributed by atoms with Crippen LogP contribution in [0.25, 0.3) is 50.3 Å². The molecule has 0 atom stereocenters. The first-order chi connectivity index (χ1) is 24.8. The van der Waals surface area contributed by atoms with Gasteiger partial charge in [-0.25, -0.2) is 9.97 Å². The molecule has 0 aliphatic rings. The summed E-state index contributed by atoms with van der Waals surface area (Å²) >= 11 is 0.